The summed E-state index contributed by atoms with van der Waals surface area (Å²) in [5.74, 6) is -0.180. The smallest absolute Gasteiger partial charge is 0.242 e. The minimum Gasteiger partial charge on any atom is -0.288 e. The molecule has 0 saturated carbocycles. The molecule has 0 spiro atoms. The first kappa shape index (κ1) is 14.5. The van der Waals surface area contributed by atoms with Gasteiger partial charge in [-0.15, -0.1) is 0 Å². The Morgan fingerprint density at radius 3 is 1.40 bits per heavy atom. The summed E-state index contributed by atoms with van der Waals surface area (Å²) in [7, 11) is -0.314. The molecular formula is C17H17O2S+. The Balaban J connectivity index is 2.33. The topological polar surface area (TPSA) is 34.1 Å². The van der Waals surface area contributed by atoms with E-state index in [1.165, 1.54) is 0 Å². The van der Waals surface area contributed by atoms with Crippen molar-refractivity contribution in [3.63, 3.8) is 0 Å². The molecule has 0 atom stereocenters. The van der Waals surface area contributed by atoms with Gasteiger partial charge in [-0.1, -0.05) is 60.7 Å². The van der Waals surface area contributed by atoms with Gasteiger partial charge in [0, 0.05) is 22.0 Å². The minimum atomic E-state index is -0.597. The van der Waals surface area contributed by atoms with Gasteiger partial charge < -0.3 is 0 Å². The molecule has 102 valence electrons. The van der Waals surface area contributed by atoms with E-state index in [4.69, 9.17) is 0 Å². The zero-order valence-corrected chi connectivity index (χ0v) is 12.4. The Bertz CT molecular complexity index is 539. The third-order valence-electron chi connectivity index (χ3n) is 3.06. The van der Waals surface area contributed by atoms with Gasteiger partial charge in [0.15, 0.2) is 0 Å². The van der Waals surface area contributed by atoms with E-state index in [9.17, 15) is 9.59 Å². The number of Topliss-reactive ketones (excluding diaryl/α,β-unsaturated/α-hetero) is 2. The van der Waals surface area contributed by atoms with Crippen LogP contribution in [0.2, 0.25) is 0 Å². The summed E-state index contributed by atoms with van der Waals surface area (Å²) in [6.07, 6.45) is 3.87. The van der Waals surface area contributed by atoms with E-state index in [1.807, 2.05) is 48.9 Å². The van der Waals surface area contributed by atoms with Crippen molar-refractivity contribution >= 4 is 22.5 Å². The summed E-state index contributed by atoms with van der Waals surface area (Å²) in [6.45, 7) is 0. The van der Waals surface area contributed by atoms with Crippen LogP contribution in [0.1, 0.15) is 20.7 Å². The molecule has 0 unspecified atom stereocenters. The van der Waals surface area contributed by atoms with Crippen LogP contribution in [0.4, 0.5) is 0 Å². The number of carbonyl (C=O) groups is 2. The molecule has 3 heteroatoms. The third-order valence-corrected chi connectivity index (χ3v) is 4.44. The molecular weight excluding hydrogens is 268 g/mol. The van der Waals surface area contributed by atoms with Crippen molar-refractivity contribution in [1.29, 1.82) is 0 Å². The highest BCUT2D eigenvalue weighted by Crippen LogP contribution is 2.16. The van der Waals surface area contributed by atoms with E-state index in [0.717, 1.165) is 0 Å². The highest BCUT2D eigenvalue weighted by molar-refractivity contribution is 7.97. The molecule has 2 rings (SSSR count). The Labute approximate surface area is 122 Å². The van der Waals surface area contributed by atoms with Crippen molar-refractivity contribution in [2.75, 3.05) is 12.5 Å². The number of carbonyl (C=O) groups excluding carboxylic acids is 2. The summed E-state index contributed by atoms with van der Waals surface area (Å²) in [4.78, 5) is 25.2. The second-order valence-corrected chi connectivity index (χ2v) is 6.95. The first-order valence-electron chi connectivity index (χ1n) is 6.36. The Hall–Kier alpha value is -1.87. The standard InChI is InChI=1S/C17H17O2S/c1-20(2)17(15(18)13-9-5-3-6-10-13)16(19)14-11-7-4-8-12-14/h3-12,17H,1-2H3/q+1. The maximum atomic E-state index is 12.6. The first-order chi connectivity index (χ1) is 9.61. The van der Waals surface area contributed by atoms with Crippen LogP contribution >= 0.6 is 0 Å². The Kier molecular flexibility index (Phi) is 4.74. The Morgan fingerprint density at radius 2 is 1.10 bits per heavy atom. The average Bonchev–Trinajstić information content (AvgIpc) is 2.48. The van der Waals surface area contributed by atoms with Crippen molar-refractivity contribution < 1.29 is 9.59 Å². The maximum absolute atomic E-state index is 12.6. The lowest BCUT2D eigenvalue weighted by Crippen LogP contribution is -2.37. The van der Waals surface area contributed by atoms with Crippen molar-refractivity contribution in [3.05, 3.63) is 71.8 Å². The van der Waals surface area contributed by atoms with Gasteiger partial charge in [-0.3, -0.25) is 9.59 Å². The van der Waals surface area contributed by atoms with Gasteiger partial charge in [-0.25, -0.2) is 0 Å². The van der Waals surface area contributed by atoms with Gasteiger partial charge >= 0.3 is 0 Å². The lowest BCUT2D eigenvalue weighted by Gasteiger charge is -2.12. The van der Waals surface area contributed by atoms with Crippen LogP contribution in [0.5, 0.6) is 0 Å². The van der Waals surface area contributed by atoms with Gasteiger partial charge in [-0.2, -0.15) is 0 Å². The zero-order chi connectivity index (χ0) is 14.5. The van der Waals surface area contributed by atoms with Gasteiger partial charge in [0.25, 0.3) is 0 Å². The quantitative estimate of drug-likeness (QED) is 0.481. The molecule has 0 fully saturated rings. The molecule has 2 aromatic carbocycles. The largest absolute Gasteiger partial charge is 0.288 e. The van der Waals surface area contributed by atoms with Crippen molar-refractivity contribution in [2.24, 2.45) is 0 Å². The van der Waals surface area contributed by atoms with Crippen molar-refractivity contribution in [1.82, 2.24) is 0 Å². The summed E-state index contributed by atoms with van der Waals surface area (Å²) in [6, 6.07) is 18.1. The van der Waals surface area contributed by atoms with E-state index in [0.29, 0.717) is 11.1 Å². The van der Waals surface area contributed by atoms with Crippen LogP contribution in [0.3, 0.4) is 0 Å². The molecule has 20 heavy (non-hydrogen) atoms. The van der Waals surface area contributed by atoms with Gasteiger partial charge in [0.2, 0.25) is 16.8 Å². The van der Waals surface area contributed by atoms with Crippen molar-refractivity contribution in [2.45, 2.75) is 5.25 Å². The lowest BCUT2D eigenvalue weighted by molar-refractivity contribution is 0.0902. The van der Waals surface area contributed by atoms with Crippen LogP contribution in [0.25, 0.3) is 0 Å². The average molecular weight is 285 g/mol. The fourth-order valence-corrected chi connectivity index (χ4v) is 3.18. The van der Waals surface area contributed by atoms with E-state index >= 15 is 0 Å². The monoisotopic (exact) mass is 285 g/mol. The van der Waals surface area contributed by atoms with E-state index in [2.05, 4.69) is 0 Å². The molecule has 2 aromatic rings. The van der Waals surface area contributed by atoms with E-state index in [-0.39, 0.29) is 22.5 Å². The fraction of sp³-hybridized carbons (Fsp3) is 0.176. The molecule has 0 bridgehead atoms. The summed E-state index contributed by atoms with van der Waals surface area (Å²) < 4.78 is 0. The van der Waals surface area contributed by atoms with Gasteiger partial charge in [0.1, 0.15) is 0 Å². The number of rotatable bonds is 5. The van der Waals surface area contributed by atoms with Crippen molar-refractivity contribution in [3.8, 4) is 0 Å². The van der Waals surface area contributed by atoms with Crippen LogP contribution in [-0.4, -0.2) is 29.3 Å². The SMILES string of the molecule is C[S+](C)C(C(=O)c1ccccc1)C(=O)c1ccccc1. The third kappa shape index (κ3) is 3.17. The predicted molar refractivity (Wildman–Crippen MR) is 84.5 cm³/mol. The molecule has 0 amide bonds. The molecule has 0 aliphatic heterocycles. The zero-order valence-electron chi connectivity index (χ0n) is 11.6. The second kappa shape index (κ2) is 6.53. The Morgan fingerprint density at radius 1 is 0.750 bits per heavy atom. The highest BCUT2D eigenvalue weighted by Gasteiger charge is 2.38. The van der Waals surface area contributed by atoms with Crippen LogP contribution in [-0.2, 0) is 10.9 Å². The second-order valence-electron chi connectivity index (χ2n) is 4.72. The number of ketones is 2. The molecule has 0 radical (unpaired) electrons. The van der Waals surface area contributed by atoms with Crippen LogP contribution < -0.4 is 0 Å². The highest BCUT2D eigenvalue weighted by atomic mass is 32.2. The molecule has 0 aliphatic carbocycles. The summed E-state index contributed by atoms with van der Waals surface area (Å²) >= 11 is 0. The first-order valence-corrected chi connectivity index (χ1v) is 8.46. The summed E-state index contributed by atoms with van der Waals surface area (Å²) in [5, 5.41) is -0.597. The van der Waals surface area contributed by atoms with E-state index < -0.39 is 5.25 Å². The normalized spacial score (nSPS) is 10.8. The number of benzene rings is 2. The number of hydrogen-bond donors (Lipinski definition) is 0. The molecule has 0 aromatic heterocycles. The van der Waals surface area contributed by atoms with Crippen LogP contribution in [0.15, 0.2) is 60.7 Å². The summed E-state index contributed by atoms with van der Waals surface area (Å²) in [5.41, 5.74) is 1.20. The minimum absolute atomic E-state index is 0.0900. The molecule has 0 heterocycles. The lowest BCUT2D eigenvalue weighted by atomic mass is 10.0. The van der Waals surface area contributed by atoms with Crippen LogP contribution in [0, 0.1) is 0 Å². The van der Waals surface area contributed by atoms with Gasteiger partial charge in [-0.05, 0) is 0 Å². The predicted octanol–water partition coefficient (Wildman–Crippen LogP) is 3.00. The molecule has 0 N–H and O–H groups in total. The molecule has 0 saturated heterocycles. The van der Waals surface area contributed by atoms with Gasteiger partial charge in [0.05, 0.1) is 12.5 Å². The van der Waals surface area contributed by atoms with E-state index in [1.54, 1.807) is 24.3 Å². The molecule has 2 nitrogen and oxygen atoms in total. The fourth-order valence-electron chi connectivity index (χ4n) is 2.05. The number of hydrogen-bond acceptors (Lipinski definition) is 2. The molecule has 0 aliphatic rings. The maximum Gasteiger partial charge on any atom is 0.242 e.